The van der Waals surface area contributed by atoms with E-state index < -0.39 is 18.1 Å². The minimum absolute atomic E-state index is 0.0359. The Kier molecular flexibility index (Phi) is 34.3. The number of hydrogen-bond acceptors (Lipinski definition) is 7. The number of hydrogen-bond donors (Lipinski definition) is 0. The minimum atomic E-state index is -1.13. The Bertz CT molecular complexity index is 911. The smallest absolute Gasteiger partial charge is 0.306 e. The van der Waals surface area contributed by atoms with Crippen LogP contribution in [0, 0.1) is 0 Å². The summed E-state index contributed by atoms with van der Waals surface area (Å²) in [6.07, 6.45) is 37.7. The molecule has 8 heteroatoms. The van der Waals surface area contributed by atoms with Gasteiger partial charge in [-0.15, -0.1) is 0 Å². The van der Waals surface area contributed by atoms with E-state index in [2.05, 4.69) is 38.2 Å². The predicted molar refractivity (Wildman–Crippen MR) is 213 cm³/mol. The third-order valence-corrected chi connectivity index (χ3v) is 9.62. The Morgan fingerprint density at radius 3 is 1.46 bits per heavy atom. The van der Waals surface area contributed by atoms with Crippen LogP contribution >= 0.6 is 0 Å². The molecule has 0 aromatic carbocycles. The lowest BCUT2D eigenvalue weighted by atomic mass is 10.0. The van der Waals surface area contributed by atoms with Crippen LogP contribution in [0.3, 0.4) is 0 Å². The maximum atomic E-state index is 12.7. The molecule has 0 aliphatic heterocycles. The molecule has 2 atom stereocenters. The van der Waals surface area contributed by atoms with Crippen molar-refractivity contribution in [3.05, 3.63) is 24.3 Å². The van der Waals surface area contributed by atoms with E-state index in [0.717, 1.165) is 51.4 Å². The molecule has 0 radical (unpaired) electrons. The van der Waals surface area contributed by atoms with Crippen molar-refractivity contribution in [3.63, 3.8) is 0 Å². The van der Waals surface area contributed by atoms with E-state index in [1.54, 1.807) is 21.1 Å². The van der Waals surface area contributed by atoms with Crippen LogP contribution < -0.4 is 5.11 Å². The summed E-state index contributed by atoms with van der Waals surface area (Å²) in [5, 5.41) is 11.6. The number of carbonyl (C=O) groups is 3. The Labute approximate surface area is 320 Å². The topological polar surface area (TPSA) is 102 Å². The number of nitrogens with zero attached hydrogens (tertiary/aromatic N) is 1. The second kappa shape index (κ2) is 35.8. The van der Waals surface area contributed by atoms with Crippen molar-refractivity contribution in [1.29, 1.82) is 0 Å². The van der Waals surface area contributed by atoms with Crippen LogP contribution in [0.15, 0.2) is 24.3 Å². The number of aliphatic carboxylic acids is 1. The maximum Gasteiger partial charge on any atom is 0.306 e. The number of carboxylic acid groups (broad SMARTS) is 1. The van der Waals surface area contributed by atoms with E-state index in [1.807, 2.05) is 0 Å². The largest absolute Gasteiger partial charge is 0.544 e. The summed E-state index contributed by atoms with van der Waals surface area (Å²) in [7, 11) is 5.40. The molecule has 0 bridgehead atoms. The first-order valence-corrected chi connectivity index (χ1v) is 21.4. The normalized spacial score (nSPS) is 13.2. The van der Waals surface area contributed by atoms with Gasteiger partial charge in [-0.2, -0.15) is 0 Å². The number of carboxylic acids is 1. The lowest BCUT2D eigenvalue weighted by molar-refractivity contribution is -0.889. The van der Waals surface area contributed by atoms with Crippen molar-refractivity contribution >= 4 is 17.9 Å². The van der Waals surface area contributed by atoms with Gasteiger partial charge in [0.25, 0.3) is 0 Å². The molecule has 2 unspecified atom stereocenters. The van der Waals surface area contributed by atoms with Crippen molar-refractivity contribution in [2.45, 2.75) is 199 Å². The number of rotatable bonds is 38. The average molecular weight is 736 g/mol. The number of allylic oxidation sites excluding steroid dienone is 4. The molecule has 0 saturated carbocycles. The summed E-state index contributed by atoms with van der Waals surface area (Å²) >= 11 is 0. The van der Waals surface area contributed by atoms with E-state index in [1.165, 1.54) is 103 Å². The van der Waals surface area contributed by atoms with Crippen LogP contribution in [0.2, 0.25) is 0 Å². The van der Waals surface area contributed by atoms with Crippen molar-refractivity contribution in [1.82, 2.24) is 0 Å². The van der Waals surface area contributed by atoms with Gasteiger partial charge in [-0.1, -0.05) is 154 Å². The number of carbonyl (C=O) groups excluding carboxylic acids is 3. The minimum Gasteiger partial charge on any atom is -0.544 e. The fourth-order valence-electron chi connectivity index (χ4n) is 6.24. The summed E-state index contributed by atoms with van der Waals surface area (Å²) in [5.74, 6) is -1.76. The van der Waals surface area contributed by atoms with E-state index in [4.69, 9.17) is 14.2 Å². The first-order chi connectivity index (χ1) is 25.1. The number of likely N-dealkylation sites (N-methyl/N-ethyl adjacent to an activating group) is 1. The molecule has 0 amide bonds. The fraction of sp³-hybridized carbons (Fsp3) is 0.841. The molecule has 0 saturated heterocycles. The highest BCUT2D eigenvalue weighted by molar-refractivity contribution is 5.70. The summed E-state index contributed by atoms with van der Waals surface area (Å²) in [6.45, 7) is 4.63. The van der Waals surface area contributed by atoms with Gasteiger partial charge >= 0.3 is 11.9 Å². The third-order valence-electron chi connectivity index (χ3n) is 9.62. The molecule has 0 fully saturated rings. The molecule has 0 aliphatic rings. The van der Waals surface area contributed by atoms with Gasteiger partial charge in [-0.3, -0.25) is 9.59 Å². The first-order valence-electron chi connectivity index (χ1n) is 21.4. The molecular formula is C44H81NO7. The summed E-state index contributed by atoms with van der Waals surface area (Å²) < 4.78 is 17.1. The zero-order valence-electron chi connectivity index (χ0n) is 34.5. The average Bonchev–Trinajstić information content (AvgIpc) is 3.09. The second-order valence-corrected chi connectivity index (χ2v) is 15.6. The van der Waals surface area contributed by atoms with Crippen LogP contribution in [0.25, 0.3) is 0 Å². The van der Waals surface area contributed by atoms with E-state index >= 15 is 0 Å². The molecule has 0 rings (SSSR count). The summed E-state index contributed by atoms with van der Waals surface area (Å²) in [4.78, 5) is 36.7. The van der Waals surface area contributed by atoms with Gasteiger partial charge in [0.15, 0.2) is 6.10 Å². The van der Waals surface area contributed by atoms with Gasteiger partial charge in [0.05, 0.1) is 40.3 Å². The molecule has 304 valence electrons. The highest BCUT2D eigenvalue weighted by Gasteiger charge is 2.25. The van der Waals surface area contributed by atoms with Crippen LogP contribution in [0.1, 0.15) is 187 Å². The Balaban J connectivity index is 4.39. The number of quaternary nitrogens is 1. The number of esters is 2. The standard InChI is InChI=1S/C44H81NO7/c1-6-8-10-12-14-16-18-20-21-22-23-25-26-28-30-32-34-42(46)51-39-40(38-50-37-36-41(44(48)49)45(3,4)5)52-43(47)35-33-31-29-27-24-19-17-15-13-11-9-7-2/h21-23,25,40-41H,6-20,24,26-39H2,1-5H3/b22-21+,25-23+. The van der Waals surface area contributed by atoms with Gasteiger partial charge in [0.2, 0.25) is 0 Å². The highest BCUT2D eigenvalue weighted by Crippen LogP contribution is 2.14. The molecule has 0 aromatic heterocycles. The first kappa shape index (κ1) is 49.8. The second-order valence-electron chi connectivity index (χ2n) is 15.6. The van der Waals surface area contributed by atoms with Crippen LogP contribution in [-0.2, 0) is 28.6 Å². The van der Waals surface area contributed by atoms with E-state index in [9.17, 15) is 19.5 Å². The quantitative estimate of drug-likeness (QED) is 0.0269. The zero-order valence-corrected chi connectivity index (χ0v) is 34.5. The lowest BCUT2D eigenvalue weighted by Gasteiger charge is -2.34. The summed E-state index contributed by atoms with van der Waals surface area (Å²) in [5.41, 5.74) is 0. The molecule has 0 heterocycles. The molecular weight excluding hydrogens is 654 g/mol. The third kappa shape index (κ3) is 33.6. The van der Waals surface area contributed by atoms with Crippen molar-refractivity contribution in [3.8, 4) is 0 Å². The van der Waals surface area contributed by atoms with Crippen molar-refractivity contribution in [2.75, 3.05) is 41.0 Å². The number of ether oxygens (including phenoxy) is 3. The van der Waals surface area contributed by atoms with Gasteiger partial charge in [-0.25, -0.2) is 0 Å². The molecule has 0 aliphatic carbocycles. The van der Waals surface area contributed by atoms with Crippen LogP contribution in [-0.4, -0.2) is 75.5 Å². The molecule has 0 spiro atoms. The van der Waals surface area contributed by atoms with E-state index in [-0.39, 0.29) is 42.7 Å². The molecule has 0 aromatic rings. The van der Waals surface area contributed by atoms with Gasteiger partial charge < -0.3 is 28.6 Å². The Morgan fingerprint density at radius 2 is 1.00 bits per heavy atom. The highest BCUT2D eigenvalue weighted by atomic mass is 16.6. The van der Waals surface area contributed by atoms with Crippen LogP contribution in [0.5, 0.6) is 0 Å². The maximum absolute atomic E-state index is 12.7. The van der Waals surface area contributed by atoms with Crippen LogP contribution in [0.4, 0.5) is 0 Å². The van der Waals surface area contributed by atoms with Crippen molar-refractivity contribution < 1.29 is 38.2 Å². The van der Waals surface area contributed by atoms with Gasteiger partial charge in [0, 0.05) is 19.3 Å². The number of unbranched alkanes of at least 4 members (excludes halogenated alkanes) is 21. The molecule has 52 heavy (non-hydrogen) atoms. The molecule has 0 N–H and O–H groups in total. The van der Waals surface area contributed by atoms with Gasteiger partial charge in [0.1, 0.15) is 12.6 Å². The monoisotopic (exact) mass is 736 g/mol. The fourth-order valence-corrected chi connectivity index (χ4v) is 6.24. The molecule has 8 nitrogen and oxygen atoms in total. The zero-order chi connectivity index (χ0) is 38.5. The SMILES string of the molecule is CCCCCCCCC/C=C/C=C/CCCCCC(=O)OCC(COCCC(C(=O)[O-])[N+](C)(C)C)OC(=O)CCCCCCCCCCCCCC. The Hall–Kier alpha value is -2.19. The lowest BCUT2D eigenvalue weighted by Crippen LogP contribution is -2.55. The Morgan fingerprint density at radius 1 is 0.577 bits per heavy atom. The van der Waals surface area contributed by atoms with Crippen molar-refractivity contribution in [2.24, 2.45) is 0 Å². The predicted octanol–water partition coefficient (Wildman–Crippen LogP) is 9.97. The van der Waals surface area contributed by atoms with Gasteiger partial charge in [-0.05, 0) is 38.5 Å². The summed E-state index contributed by atoms with van der Waals surface area (Å²) in [6, 6.07) is -0.726. The van der Waals surface area contributed by atoms with E-state index in [0.29, 0.717) is 12.8 Å².